The van der Waals surface area contributed by atoms with Crippen molar-refractivity contribution in [2.24, 2.45) is 0 Å². The van der Waals surface area contributed by atoms with Crippen LogP contribution in [0.15, 0.2) is 48.5 Å². The van der Waals surface area contributed by atoms with Crippen LogP contribution < -0.4 is 10.6 Å². The first-order chi connectivity index (χ1) is 13.1. The number of aromatic carboxylic acids is 1. The third kappa shape index (κ3) is 7.04. The topological polar surface area (TPSA) is 81.6 Å². The predicted octanol–water partition coefficient (Wildman–Crippen LogP) is 3.85. The normalized spacial score (nSPS) is 11.9. The molecule has 0 aliphatic heterocycles. The summed E-state index contributed by atoms with van der Waals surface area (Å²) < 4.78 is 0. The standard InChI is InChI=1S/C22H30N2O3/c1-2-14-24-20-9-4-3-7-17(20)8-5-6-15-23-16-21(25)18-10-12-19(13-11-18)22(26)27/h3-4,7,9-13,21,23-25H,2,5-6,8,14-16H2,1H3,(H,26,27). The molecule has 2 rings (SSSR count). The van der Waals surface area contributed by atoms with Crippen molar-refractivity contribution in [1.29, 1.82) is 0 Å². The Morgan fingerprint density at radius 2 is 1.78 bits per heavy atom. The number of carboxylic acids is 1. The van der Waals surface area contributed by atoms with Gasteiger partial charge in [-0.2, -0.15) is 0 Å². The van der Waals surface area contributed by atoms with Gasteiger partial charge in [0, 0.05) is 18.8 Å². The van der Waals surface area contributed by atoms with Crippen molar-refractivity contribution in [2.45, 2.75) is 38.7 Å². The Kier molecular flexibility index (Phi) is 8.81. The molecule has 0 aliphatic carbocycles. The molecule has 0 spiro atoms. The molecule has 0 aliphatic rings. The van der Waals surface area contributed by atoms with Gasteiger partial charge >= 0.3 is 5.97 Å². The molecule has 5 heteroatoms. The number of nitrogens with one attached hydrogen (secondary N) is 2. The first-order valence-electron chi connectivity index (χ1n) is 9.65. The van der Waals surface area contributed by atoms with E-state index in [1.165, 1.54) is 23.4 Å². The molecule has 0 saturated carbocycles. The van der Waals surface area contributed by atoms with Crippen LogP contribution in [0.5, 0.6) is 0 Å². The second-order valence-electron chi connectivity index (χ2n) is 6.69. The summed E-state index contributed by atoms with van der Waals surface area (Å²) in [6.07, 6.45) is 3.63. The van der Waals surface area contributed by atoms with E-state index in [1.807, 2.05) is 0 Å². The molecule has 0 radical (unpaired) electrons. The van der Waals surface area contributed by atoms with E-state index in [1.54, 1.807) is 12.1 Å². The third-order valence-corrected chi connectivity index (χ3v) is 4.51. The highest BCUT2D eigenvalue weighted by molar-refractivity contribution is 5.87. The molecule has 146 valence electrons. The molecular formula is C22H30N2O3. The number of aliphatic hydroxyl groups excluding tert-OH is 1. The predicted molar refractivity (Wildman–Crippen MR) is 109 cm³/mol. The van der Waals surface area contributed by atoms with Gasteiger partial charge in [-0.3, -0.25) is 0 Å². The molecule has 1 unspecified atom stereocenters. The van der Waals surface area contributed by atoms with Gasteiger partial charge in [-0.1, -0.05) is 37.3 Å². The molecule has 0 saturated heterocycles. The van der Waals surface area contributed by atoms with E-state index in [0.29, 0.717) is 6.54 Å². The molecule has 1 atom stereocenters. The summed E-state index contributed by atoms with van der Waals surface area (Å²) in [4.78, 5) is 10.9. The SMILES string of the molecule is CCCNc1ccccc1CCCCNCC(O)c1ccc(C(=O)O)cc1. The number of unbranched alkanes of at least 4 members (excludes halogenated alkanes) is 1. The molecule has 5 nitrogen and oxygen atoms in total. The molecule has 27 heavy (non-hydrogen) atoms. The lowest BCUT2D eigenvalue weighted by atomic mass is 10.1. The second-order valence-corrected chi connectivity index (χ2v) is 6.69. The highest BCUT2D eigenvalue weighted by atomic mass is 16.4. The lowest BCUT2D eigenvalue weighted by molar-refractivity contribution is 0.0696. The van der Waals surface area contributed by atoms with Crippen LogP contribution in [0.4, 0.5) is 5.69 Å². The van der Waals surface area contributed by atoms with Crippen LogP contribution in [0.1, 0.15) is 53.8 Å². The Balaban J connectivity index is 1.66. The maximum absolute atomic E-state index is 10.9. The van der Waals surface area contributed by atoms with E-state index in [9.17, 15) is 9.90 Å². The average Bonchev–Trinajstić information content (AvgIpc) is 2.69. The molecule has 2 aromatic carbocycles. The lowest BCUT2D eigenvalue weighted by Gasteiger charge is -2.13. The summed E-state index contributed by atoms with van der Waals surface area (Å²) in [6, 6.07) is 14.8. The Hall–Kier alpha value is -2.37. The van der Waals surface area contributed by atoms with Gasteiger partial charge < -0.3 is 20.8 Å². The number of carbonyl (C=O) groups is 1. The van der Waals surface area contributed by atoms with Crippen LogP contribution in [0.3, 0.4) is 0 Å². The van der Waals surface area contributed by atoms with Crippen LogP contribution in [-0.4, -0.2) is 35.8 Å². The minimum Gasteiger partial charge on any atom is -0.478 e. The van der Waals surface area contributed by atoms with Gasteiger partial charge in [-0.05, 0) is 61.6 Å². The number of aryl methyl sites for hydroxylation is 1. The molecule has 0 heterocycles. The van der Waals surface area contributed by atoms with Gasteiger partial charge in [0.25, 0.3) is 0 Å². The van der Waals surface area contributed by atoms with Gasteiger partial charge in [-0.15, -0.1) is 0 Å². The summed E-state index contributed by atoms with van der Waals surface area (Å²) in [5, 5.41) is 25.8. The fourth-order valence-electron chi connectivity index (χ4n) is 2.94. The summed E-state index contributed by atoms with van der Waals surface area (Å²) in [7, 11) is 0. The third-order valence-electron chi connectivity index (χ3n) is 4.51. The first kappa shape index (κ1) is 20.9. The first-order valence-corrected chi connectivity index (χ1v) is 9.65. The van der Waals surface area contributed by atoms with Gasteiger partial charge in [-0.25, -0.2) is 4.79 Å². The number of hydrogen-bond acceptors (Lipinski definition) is 4. The zero-order valence-electron chi connectivity index (χ0n) is 15.9. The number of carboxylic acid groups (broad SMARTS) is 1. The Morgan fingerprint density at radius 3 is 2.48 bits per heavy atom. The van der Waals surface area contributed by atoms with Crippen LogP contribution >= 0.6 is 0 Å². The van der Waals surface area contributed by atoms with E-state index in [2.05, 4.69) is 41.8 Å². The second kappa shape index (κ2) is 11.4. The van der Waals surface area contributed by atoms with Gasteiger partial charge in [0.05, 0.1) is 11.7 Å². The highest BCUT2D eigenvalue weighted by Crippen LogP contribution is 2.17. The molecule has 2 aromatic rings. The van der Waals surface area contributed by atoms with Crippen LogP contribution in [0, 0.1) is 0 Å². The van der Waals surface area contributed by atoms with Crippen molar-refractivity contribution in [3.05, 3.63) is 65.2 Å². The molecule has 0 bridgehead atoms. The summed E-state index contributed by atoms with van der Waals surface area (Å²) >= 11 is 0. The Bertz CT molecular complexity index is 701. The van der Waals surface area contributed by atoms with E-state index >= 15 is 0 Å². The van der Waals surface area contributed by atoms with Gasteiger partial charge in [0.1, 0.15) is 0 Å². The number of rotatable bonds is 12. The molecule has 4 N–H and O–H groups in total. The van der Waals surface area contributed by atoms with Crippen molar-refractivity contribution in [2.75, 3.05) is 25.0 Å². The van der Waals surface area contributed by atoms with Crippen molar-refractivity contribution >= 4 is 11.7 Å². The summed E-state index contributed by atoms with van der Waals surface area (Å²) in [5.74, 6) is -0.958. The fourth-order valence-corrected chi connectivity index (χ4v) is 2.94. The maximum Gasteiger partial charge on any atom is 0.335 e. The smallest absolute Gasteiger partial charge is 0.335 e. The summed E-state index contributed by atoms with van der Waals surface area (Å²) in [5.41, 5.74) is 3.54. The van der Waals surface area contributed by atoms with Crippen LogP contribution in [0.25, 0.3) is 0 Å². The van der Waals surface area contributed by atoms with Crippen molar-refractivity contribution in [3.8, 4) is 0 Å². The number of anilines is 1. The highest BCUT2D eigenvalue weighted by Gasteiger charge is 2.08. The van der Waals surface area contributed by atoms with Crippen LogP contribution in [0.2, 0.25) is 0 Å². The fraction of sp³-hybridized carbons (Fsp3) is 0.409. The van der Waals surface area contributed by atoms with E-state index in [0.717, 1.165) is 44.3 Å². The minimum atomic E-state index is -0.958. The zero-order valence-corrected chi connectivity index (χ0v) is 15.9. The Labute approximate surface area is 161 Å². The number of aliphatic hydroxyl groups is 1. The largest absolute Gasteiger partial charge is 0.478 e. The minimum absolute atomic E-state index is 0.229. The van der Waals surface area contributed by atoms with E-state index in [4.69, 9.17) is 5.11 Å². The average molecular weight is 370 g/mol. The maximum atomic E-state index is 10.9. The lowest BCUT2D eigenvalue weighted by Crippen LogP contribution is -2.22. The quantitative estimate of drug-likeness (QED) is 0.427. The van der Waals surface area contributed by atoms with Crippen molar-refractivity contribution < 1.29 is 15.0 Å². The van der Waals surface area contributed by atoms with Gasteiger partial charge in [0.15, 0.2) is 0 Å². The van der Waals surface area contributed by atoms with Crippen LogP contribution in [-0.2, 0) is 6.42 Å². The zero-order chi connectivity index (χ0) is 19.5. The van der Waals surface area contributed by atoms with Crippen molar-refractivity contribution in [3.63, 3.8) is 0 Å². The number of hydrogen-bond donors (Lipinski definition) is 4. The monoisotopic (exact) mass is 370 g/mol. The van der Waals surface area contributed by atoms with E-state index < -0.39 is 12.1 Å². The summed E-state index contributed by atoms with van der Waals surface area (Å²) in [6.45, 7) is 4.45. The molecule has 0 amide bonds. The molecular weight excluding hydrogens is 340 g/mol. The Morgan fingerprint density at radius 1 is 1.04 bits per heavy atom. The number of para-hydroxylation sites is 1. The molecule has 0 fully saturated rings. The van der Waals surface area contributed by atoms with Crippen molar-refractivity contribution in [1.82, 2.24) is 5.32 Å². The van der Waals surface area contributed by atoms with E-state index in [-0.39, 0.29) is 5.56 Å². The number of benzene rings is 2. The molecule has 0 aromatic heterocycles. The van der Waals surface area contributed by atoms with Gasteiger partial charge in [0.2, 0.25) is 0 Å².